The van der Waals surface area contributed by atoms with Gasteiger partial charge in [-0.1, -0.05) is 12.1 Å². The molecule has 0 fully saturated rings. The number of rotatable bonds is 1. The van der Waals surface area contributed by atoms with Gasteiger partial charge in [-0.3, -0.25) is 4.99 Å². The summed E-state index contributed by atoms with van der Waals surface area (Å²) in [6.07, 6.45) is 1.64. The zero-order valence-corrected chi connectivity index (χ0v) is 11.9. The van der Waals surface area contributed by atoms with Crippen LogP contribution in [-0.4, -0.2) is 18.4 Å². The summed E-state index contributed by atoms with van der Waals surface area (Å²) in [4.78, 5) is 3.82. The van der Waals surface area contributed by atoms with Crippen molar-refractivity contribution in [3.8, 4) is 5.75 Å². The molecular formula is C9H11Cl2NOZr. The van der Waals surface area contributed by atoms with Crippen LogP contribution in [0.25, 0.3) is 0 Å². The predicted molar refractivity (Wildman–Crippen MR) is 58.1 cm³/mol. The van der Waals surface area contributed by atoms with Crippen LogP contribution in [0, 0.1) is 6.92 Å². The summed E-state index contributed by atoms with van der Waals surface area (Å²) in [5, 5.41) is 9.44. The van der Waals surface area contributed by atoms with Gasteiger partial charge in [-0.15, -0.1) is 0 Å². The molecule has 1 aromatic carbocycles. The van der Waals surface area contributed by atoms with Crippen LogP contribution < -0.4 is 0 Å². The molecule has 0 aromatic heterocycles. The standard InChI is InChI=1S/C9H11NO.2ClH.Zr/c1-7-4-3-5-8(6-10-2)9(7)11;;;/h3-6,11H,1-2H3;2*1H;/q;;;+2/p-2. The molecule has 0 radical (unpaired) electrons. The molecular weight excluding hydrogens is 300 g/mol. The molecule has 0 unspecified atom stereocenters. The molecule has 2 nitrogen and oxygen atoms in total. The number of hydrogen-bond acceptors (Lipinski definition) is 2. The fourth-order valence-corrected chi connectivity index (χ4v) is 0.925. The Morgan fingerprint density at radius 3 is 2.50 bits per heavy atom. The van der Waals surface area contributed by atoms with E-state index in [-0.39, 0.29) is 0 Å². The second-order valence-corrected chi connectivity index (χ2v) is 6.20. The normalized spacial score (nSPS) is 9.43. The Bertz CT molecular complexity index is 305. The monoisotopic (exact) mass is 309 g/mol. The summed E-state index contributed by atoms with van der Waals surface area (Å²) in [6, 6.07) is 5.59. The van der Waals surface area contributed by atoms with Crippen LogP contribution in [0.2, 0.25) is 0 Å². The van der Waals surface area contributed by atoms with E-state index < -0.39 is 20.8 Å². The Morgan fingerprint density at radius 1 is 1.43 bits per heavy atom. The first-order valence-corrected chi connectivity index (χ1v) is 10.2. The SMILES string of the molecule is CN=Cc1cccc(C)c1O.[Cl][Zr][Cl]. The Balaban J connectivity index is 0.000000500. The fourth-order valence-electron chi connectivity index (χ4n) is 0.925. The first-order valence-electron chi connectivity index (χ1n) is 3.84. The van der Waals surface area contributed by atoms with Gasteiger partial charge in [0.25, 0.3) is 0 Å². The maximum absolute atomic E-state index is 9.44. The second kappa shape index (κ2) is 8.46. The molecule has 0 bridgehead atoms. The number of halogens is 2. The number of hydrogen-bond donors (Lipinski definition) is 1. The van der Waals surface area contributed by atoms with Crippen molar-refractivity contribution in [1.82, 2.24) is 0 Å². The molecule has 76 valence electrons. The Hall–Kier alpha value is 0.153. The van der Waals surface area contributed by atoms with Gasteiger partial charge in [0.2, 0.25) is 0 Å². The van der Waals surface area contributed by atoms with E-state index in [1.54, 1.807) is 13.3 Å². The summed E-state index contributed by atoms with van der Waals surface area (Å²) >= 11 is -0.826. The van der Waals surface area contributed by atoms with E-state index in [1.165, 1.54) is 0 Å². The van der Waals surface area contributed by atoms with Gasteiger partial charge in [-0.05, 0) is 18.6 Å². The summed E-state index contributed by atoms with van der Waals surface area (Å²) in [6.45, 7) is 1.86. The molecule has 0 aliphatic rings. The van der Waals surface area contributed by atoms with Crippen molar-refractivity contribution in [3.63, 3.8) is 0 Å². The van der Waals surface area contributed by atoms with Crippen LogP contribution in [0.1, 0.15) is 11.1 Å². The molecule has 0 heterocycles. The van der Waals surface area contributed by atoms with Gasteiger partial charge >= 0.3 is 37.9 Å². The molecule has 0 saturated heterocycles. The summed E-state index contributed by atoms with van der Waals surface area (Å²) in [5.41, 5.74) is 1.65. The molecule has 0 spiro atoms. The third-order valence-electron chi connectivity index (χ3n) is 1.54. The van der Waals surface area contributed by atoms with Crippen molar-refractivity contribution in [2.75, 3.05) is 7.05 Å². The molecule has 1 N–H and O–H groups in total. The quantitative estimate of drug-likeness (QED) is 0.794. The van der Waals surface area contributed by atoms with Crippen LogP contribution in [0.15, 0.2) is 23.2 Å². The van der Waals surface area contributed by atoms with E-state index in [9.17, 15) is 5.11 Å². The van der Waals surface area contributed by atoms with Gasteiger partial charge in [0.05, 0.1) is 0 Å². The molecule has 0 aliphatic carbocycles. The Labute approximate surface area is 103 Å². The molecule has 0 saturated carbocycles. The number of aryl methyl sites for hydroxylation is 1. The predicted octanol–water partition coefficient (Wildman–Crippen LogP) is 3.13. The average molecular weight is 311 g/mol. The van der Waals surface area contributed by atoms with Gasteiger partial charge in [0, 0.05) is 18.8 Å². The number of phenols is 1. The van der Waals surface area contributed by atoms with Gasteiger partial charge in [-0.25, -0.2) is 0 Å². The van der Waals surface area contributed by atoms with E-state index in [2.05, 4.69) is 4.99 Å². The fraction of sp³-hybridized carbons (Fsp3) is 0.222. The topological polar surface area (TPSA) is 32.6 Å². The first kappa shape index (κ1) is 14.2. The molecule has 0 aliphatic heterocycles. The maximum atomic E-state index is 9.44. The van der Waals surface area contributed by atoms with Crippen LogP contribution in [0.4, 0.5) is 0 Å². The van der Waals surface area contributed by atoms with Crippen molar-refractivity contribution < 1.29 is 26.0 Å². The van der Waals surface area contributed by atoms with Gasteiger partial charge < -0.3 is 5.11 Å². The van der Waals surface area contributed by atoms with Gasteiger partial charge in [-0.2, -0.15) is 0 Å². The summed E-state index contributed by atoms with van der Waals surface area (Å²) in [5.74, 6) is 0.318. The minimum atomic E-state index is -0.826. The number of nitrogens with zero attached hydrogens (tertiary/aromatic N) is 1. The van der Waals surface area contributed by atoms with Crippen molar-refractivity contribution in [2.45, 2.75) is 6.92 Å². The molecule has 1 aromatic rings. The van der Waals surface area contributed by atoms with Gasteiger partial charge in [0.1, 0.15) is 5.75 Å². The van der Waals surface area contributed by atoms with E-state index in [0.29, 0.717) is 5.75 Å². The number of phenolic OH excluding ortho intramolecular Hbond substituents is 1. The van der Waals surface area contributed by atoms with Gasteiger partial charge in [0.15, 0.2) is 0 Å². The summed E-state index contributed by atoms with van der Waals surface area (Å²) in [7, 11) is 11.6. The molecule has 1 rings (SSSR count). The van der Waals surface area contributed by atoms with Crippen molar-refractivity contribution in [2.24, 2.45) is 4.99 Å². The van der Waals surface area contributed by atoms with Crippen LogP contribution in [-0.2, 0) is 20.8 Å². The van der Waals surface area contributed by atoms with Crippen molar-refractivity contribution in [3.05, 3.63) is 29.3 Å². The second-order valence-electron chi connectivity index (χ2n) is 2.47. The number of para-hydroxylation sites is 1. The zero-order valence-electron chi connectivity index (χ0n) is 7.96. The number of benzene rings is 1. The Kier molecular flexibility index (Phi) is 8.55. The van der Waals surface area contributed by atoms with E-state index in [1.807, 2.05) is 25.1 Å². The zero-order chi connectivity index (χ0) is 11.0. The average Bonchev–Trinajstić information content (AvgIpc) is 2.15. The van der Waals surface area contributed by atoms with E-state index in [4.69, 9.17) is 17.0 Å². The van der Waals surface area contributed by atoms with Crippen LogP contribution >= 0.6 is 17.0 Å². The van der Waals surface area contributed by atoms with Crippen LogP contribution in [0.5, 0.6) is 5.75 Å². The van der Waals surface area contributed by atoms with E-state index in [0.717, 1.165) is 11.1 Å². The number of aliphatic imine (C=N–C) groups is 1. The molecule has 14 heavy (non-hydrogen) atoms. The molecule has 0 atom stereocenters. The van der Waals surface area contributed by atoms with E-state index >= 15 is 0 Å². The minimum absolute atomic E-state index is 0.318. The molecule has 5 heteroatoms. The van der Waals surface area contributed by atoms with Crippen LogP contribution in [0.3, 0.4) is 0 Å². The van der Waals surface area contributed by atoms with Crippen molar-refractivity contribution in [1.29, 1.82) is 0 Å². The summed E-state index contributed by atoms with van der Waals surface area (Å²) < 4.78 is 0. The van der Waals surface area contributed by atoms with Crippen molar-refractivity contribution >= 4 is 23.2 Å². The third kappa shape index (κ3) is 5.14. The molecule has 0 amide bonds. The Morgan fingerprint density at radius 2 is 2.00 bits per heavy atom. The first-order chi connectivity index (χ1) is 6.67. The third-order valence-corrected chi connectivity index (χ3v) is 1.54. The number of aromatic hydroxyl groups is 1.